The molecule has 0 fully saturated rings. The van der Waals surface area contributed by atoms with Crippen LogP contribution in [0.2, 0.25) is 0 Å². The molecular weight excluding hydrogens is 226 g/mol. The van der Waals surface area contributed by atoms with Gasteiger partial charge >= 0.3 is 0 Å². The molecule has 0 amide bonds. The molecule has 3 nitrogen and oxygen atoms in total. The number of phenolic OH excluding ortho intramolecular Hbond substituents is 1. The van der Waals surface area contributed by atoms with Crippen LogP contribution in [-0.4, -0.2) is 29.7 Å². The second-order valence-electron chi connectivity index (χ2n) is 4.69. The Morgan fingerprint density at radius 2 is 1.94 bits per heavy atom. The Balaban J connectivity index is 2.97. The Labute approximate surface area is 110 Å². The van der Waals surface area contributed by atoms with E-state index in [1.807, 2.05) is 12.1 Å². The molecule has 0 aliphatic rings. The molecule has 1 aromatic rings. The van der Waals surface area contributed by atoms with Crippen LogP contribution in [0.4, 0.5) is 0 Å². The van der Waals surface area contributed by atoms with Crippen molar-refractivity contribution >= 4 is 0 Å². The van der Waals surface area contributed by atoms with Crippen molar-refractivity contribution in [3.63, 3.8) is 0 Å². The molecule has 0 aliphatic carbocycles. The van der Waals surface area contributed by atoms with Crippen molar-refractivity contribution in [3.8, 4) is 11.5 Å². The van der Waals surface area contributed by atoms with E-state index >= 15 is 0 Å². The number of hydrogen-bond acceptors (Lipinski definition) is 3. The van der Waals surface area contributed by atoms with Gasteiger partial charge < -0.3 is 9.84 Å². The number of rotatable bonds is 6. The monoisotopic (exact) mass is 251 g/mol. The van der Waals surface area contributed by atoms with Crippen LogP contribution in [0.5, 0.6) is 11.5 Å². The lowest BCUT2D eigenvalue weighted by atomic mass is 10.0. The Morgan fingerprint density at radius 3 is 2.44 bits per heavy atom. The van der Waals surface area contributed by atoms with Gasteiger partial charge in [-0.25, -0.2) is 0 Å². The summed E-state index contributed by atoms with van der Waals surface area (Å²) in [6.07, 6.45) is 1.13. The van der Waals surface area contributed by atoms with E-state index in [9.17, 15) is 5.11 Å². The van der Waals surface area contributed by atoms with E-state index in [1.165, 1.54) is 5.56 Å². The van der Waals surface area contributed by atoms with Crippen molar-refractivity contribution in [1.82, 2.24) is 4.90 Å². The standard InChI is InChI=1S/C15H25NO2/c1-6-11(3)16(7-2)12(4)13-8-9-14(17)15(10-13)18-5/h8-12,17H,6-7H2,1-5H3. The van der Waals surface area contributed by atoms with Crippen LogP contribution in [0.1, 0.15) is 45.7 Å². The first-order valence-electron chi connectivity index (χ1n) is 6.67. The van der Waals surface area contributed by atoms with Crippen LogP contribution in [-0.2, 0) is 0 Å². The first kappa shape index (κ1) is 14.8. The second kappa shape index (κ2) is 6.64. The van der Waals surface area contributed by atoms with Gasteiger partial charge in [0.1, 0.15) is 0 Å². The van der Waals surface area contributed by atoms with E-state index in [0.717, 1.165) is 13.0 Å². The van der Waals surface area contributed by atoms with Crippen LogP contribution < -0.4 is 4.74 Å². The van der Waals surface area contributed by atoms with Crippen molar-refractivity contribution in [1.29, 1.82) is 0 Å². The van der Waals surface area contributed by atoms with Crippen LogP contribution in [0, 0.1) is 0 Å². The molecule has 1 aromatic carbocycles. The van der Waals surface area contributed by atoms with E-state index in [-0.39, 0.29) is 5.75 Å². The Kier molecular flexibility index (Phi) is 5.48. The lowest BCUT2D eigenvalue weighted by Crippen LogP contribution is -2.34. The molecule has 0 spiro atoms. The average Bonchev–Trinajstić information content (AvgIpc) is 2.39. The summed E-state index contributed by atoms with van der Waals surface area (Å²) in [5.41, 5.74) is 1.17. The van der Waals surface area contributed by atoms with Gasteiger partial charge in [-0.2, -0.15) is 0 Å². The zero-order valence-corrected chi connectivity index (χ0v) is 12.1. The van der Waals surface area contributed by atoms with Crippen LogP contribution in [0.25, 0.3) is 0 Å². The molecule has 0 saturated carbocycles. The number of methoxy groups -OCH3 is 1. The highest BCUT2D eigenvalue weighted by atomic mass is 16.5. The number of phenols is 1. The highest BCUT2D eigenvalue weighted by Gasteiger charge is 2.19. The number of aromatic hydroxyl groups is 1. The fraction of sp³-hybridized carbons (Fsp3) is 0.600. The van der Waals surface area contributed by atoms with Gasteiger partial charge in [-0.3, -0.25) is 4.90 Å². The van der Waals surface area contributed by atoms with E-state index < -0.39 is 0 Å². The predicted octanol–water partition coefficient (Wildman–Crippen LogP) is 3.58. The summed E-state index contributed by atoms with van der Waals surface area (Å²) >= 11 is 0. The van der Waals surface area contributed by atoms with Gasteiger partial charge in [-0.1, -0.05) is 19.9 Å². The summed E-state index contributed by atoms with van der Waals surface area (Å²) in [5.74, 6) is 0.736. The highest BCUT2D eigenvalue weighted by Crippen LogP contribution is 2.31. The number of nitrogens with zero attached hydrogens (tertiary/aromatic N) is 1. The van der Waals surface area contributed by atoms with Crippen LogP contribution in [0.3, 0.4) is 0 Å². The van der Waals surface area contributed by atoms with Crippen molar-refractivity contribution in [3.05, 3.63) is 23.8 Å². The third-order valence-corrected chi connectivity index (χ3v) is 3.71. The summed E-state index contributed by atoms with van der Waals surface area (Å²) in [7, 11) is 1.58. The van der Waals surface area contributed by atoms with Gasteiger partial charge in [0.25, 0.3) is 0 Å². The fourth-order valence-corrected chi connectivity index (χ4v) is 2.35. The average molecular weight is 251 g/mol. The van der Waals surface area contributed by atoms with Crippen molar-refractivity contribution in [2.45, 2.75) is 46.2 Å². The molecule has 0 aromatic heterocycles. The molecule has 3 heteroatoms. The normalized spacial score (nSPS) is 14.6. The lowest BCUT2D eigenvalue weighted by molar-refractivity contribution is 0.159. The van der Waals surface area contributed by atoms with Gasteiger partial charge in [0.05, 0.1) is 7.11 Å². The van der Waals surface area contributed by atoms with E-state index in [4.69, 9.17) is 4.74 Å². The third-order valence-electron chi connectivity index (χ3n) is 3.71. The zero-order chi connectivity index (χ0) is 13.7. The van der Waals surface area contributed by atoms with Gasteiger partial charge in [0.2, 0.25) is 0 Å². The van der Waals surface area contributed by atoms with E-state index in [1.54, 1.807) is 13.2 Å². The molecule has 18 heavy (non-hydrogen) atoms. The first-order valence-corrected chi connectivity index (χ1v) is 6.67. The molecule has 102 valence electrons. The molecule has 0 aliphatic heterocycles. The predicted molar refractivity (Wildman–Crippen MR) is 75.2 cm³/mol. The summed E-state index contributed by atoms with van der Waals surface area (Å²) in [6.45, 7) is 9.84. The summed E-state index contributed by atoms with van der Waals surface area (Å²) in [4.78, 5) is 2.45. The molecule has 0 heterocycles. The summed E-state index contributed by atoms with van der Waals surface area (Å²) in [5, 5.41) is 9.63. The molecular formula is C15H25NO2. The minimum absolute atomic E-state index is 0.194. The Morgan fingerprint density at radius 1 is 1.28 bits per heavy atom. The summed E-state index contributed by atoms with van der Waals surface area (Å²) in [6, 6.07) is 6.46. The Hall–Kier alpha value is -1.22. The molecule has 1 N–H and O–H groups in total. The largest absolute Gasteiger partial charge is 0.504 e. The van der Waals surface area contributed by atoms with E-state index in [0.29, 0.717) is 17.8 Å². The molecule has 0 bridgehead atoms. The minimum Gasteiger partial charge on any atom is -0.504 e. The maximum atomic E-state index is 9.63. The minimum atomic E-state index is 0.194. The van der Waals surface area contributed by atoms with Crippen molar-refractivity contribution in [2.75, 3.05) is 13.7 Å². The number of benzene rings is 1. The van der Waals surface area contributed by atoms with Gasteiger partial charge in [-0.15, -0.1) is 0 Å². The number of ether oxygens (including phenoxy) is 1. The fourth-order valence-electron chi connectivity index (χ4n) is 2.35. The molecule has 0 saturated heterocycles. The first-order chi connectivity index (χ1) is 8.54. The van der Waals surface area contributed by atoms with Crippen LogP contribution >= 0.6 is 0 Å². The maximum Gasteiger partial charge on any atom is 0.160 e. The van der Waals surface area contributed by atoms with Crippen LogP contribution in [0.15, 0.2) is 18.2 Å². The Bertz CT molecular complexity index is 379. The maximum absolute atomic E-state index is 9.63. The zero-order valence-electron chi connectivity index (χ0n) is 12.1. The summed E-state index contributed by atoms with van der Waals surface area (Å²) < 4.78 is 5.17. The van der Waals surface area contributed by atoms with Gasteiger partial charge in [0, 0.05) is 12.1 Å². The third kappa shape index (κ3) is 3.16. The smallest absolute Gasteiger partial charge is 0.160 e. The molecule has 2 unspecified atom stereocenters. The molecule has 1 rings (SSSR count). The quantitative estimate of drug-likeness (QED) is 0.838. The van der Waals surface area contributed by atoms with Gasteiger partial charge in [-0.05, 0) is 44.5 Å². The SMILES string of the molecule is CCC(C)N(CC)C(C)c1ccc(O)c(OC)c1. The highest BCUT2D eigenvalue weighted by molar-refractivity contribution is 5.42. The molecule has 2 atom stereocenters. The lowest BCUT2D eigenvalue weighted by Gasteiger charge is -2.33. The molecule has 0 radical (unpaired) electrons. The van der Waals surface area contributed by atoms with Crippen molar-refractivity contribution in [2.24, 2.45) is 0 Å². The van der Waals surface area contributed by atoms with Gasteiger partial charge in [0.15, 0.2) is 11.5 Å². The van der Waals surface area contributed by atoms with E-state index in [2.05, 4.69) is 32.6 Å². The topological polar surface area (TPSA) is 32.7 Å². The van der Waals surface area contributed by atoms with Crippen molar-refractivity contribution < 1.29 is 9.84 Å². The number of hydrogen-bond donors (Lipinski definition) is 1. The second-order valence-corrected chi connectivity index (χ2v) is 4.69.